The van der Waals surface area contributed by atoms with Crippen LogP contribution in [0.1, 0.15) is 33.4 Å². The van der Waals surface area contributed by atoms with Crippen molar-refractivity contribution < 1.29 is 0 Å². The minimum atomic E-state index is 0.972. The Labute approximate surface area is 145 Å². The summed E-state index contributed by atoms with van der Waals surface area (Å²) >= 11 is 0. The Morgan fingerprint density at radius 3 is 1.17 bits per heavy atom. The number of hydrogen-bond acceptors (Lipinski definition) is 2. The molecule has 0 unspecified atom stereocenters. The van der Waals surface area contributed by atoms with Crippen LogP contribution in [0.5, 0.6) is 0 Å². The van der Waals surface area contributed by atoms with E-state index in [4.69, 9.17) is 0 Å². The van der Waals surface area contributed by atoms with E-state index in [1.807, 2.05) is 0 Å². The van der Waals surface area contributed by atoms with Gasteiger partial charge in [0.25, 0.3) is 0 Å². The van der Waals surface area contributed by atoms with Gasteiger partial charge in [-0.1, -0.05) is 42.0 Å². The second-order valence-corrected chi connectivity index (χ2v) is 6.95. The topological polar surface area (TPSA) is 6.48 Å². The van der Waals surface area contributed by atoms with Crippen LogP contribution in [-0.4, -0.2) is 0 Å². The minimum Gasteiger partial charge on any atom is -0.301 e. The molecule has 24 heavy (non-hydrogen) atoms. The SMILES string of the molecule is C=C1N(c2c(C)cc(C)cc2C)C=CN1c1c(C)cc(C)cc1C. The molecule has 0 bridgehead atoms. The summed E-state index contributed by atoms with van der Waals surface area (Å²) in [5.41, 5.74) is 10.2. The highest BCUT2D eigenvalue weighted by Gasteiger charge is 2.25. The van der Waals surface area contributed by atoms with E-state index in [2.05, 4.69) is 94.6 Å². The molecule has 0 radical (unpaired) electrons. The highest BCUT2D eigenvalue weighted by atomic mass is 15.4. The Kier molecular flexibility index (Phi) is 4.00. The lowest BCUT2D eigenvalue weighted by molar-refractivity contribution is 1.08. The van der Waals surface area contributed by atoms with E-state index in [1.165, 1.54) is 44.8 Å². The number of hydrogen-bond donors (Lipinski definition) is 0. The minimum absolute atomic E-state index is 0.972. The average molecular weight is 318 g/mol. The molecule has 0 aromatic heterocycles. The molecule has 0 N–H and O–H groups in total. The van der Waals surface area contributed by atoms with Crippen molar-refractivity contribution in [1.82, 2.24) is 0 Å². The number of nitrogens with zero attached hydrogens (tertiary/aromatic N) is 2. The molecule has 0 saturated heterocycles. The lowest BCUT2D eigenvalue weighted by Gasteiger charge is -2.28. The third-order valence-corrected chi connectivity index (χ3v) is 4.67. The highest BCUT2D eigenvalue weighted by molar-refractivity contribution is 5.75. The van der Waals surface area contributed by atoms with Gasteiger partial charge in [-0.25, -0.2) is 0 Å². The zero-order valence-corrected chi connectivity index (χ0v) is 15.6. The predicted octanol–water partition coefficient (Wildman–Crippen LogP) is 5.81. The van der Waals surface area contributed by atoms with Gasteiger partial charge in [0.2, 0.25) is 0 Å². The van der Waals surface area contributed by atoms with Crippen molar-refractivity contribution in [3.8, 4) is 0 Å². The largest absolute Gasteiger partial charge is 0.301 e. The molecule has 2 nitrogen and oxygen atoms in total. The fourth-order valence-corrected chi connectivity index (χ4v) is 3.93. The molecule has 0 amide bonds. The van der Waals surface area contributed by atoms with Gasteiger partial charge in [-0.2, -0.15) is 0 Å². The summed E-state index contributed by atoms with van der Waals surface area (Å²) in [6, 6.07) is 8.92. The lowest BCUT2D eigenvalue weighted by atomic mass is 10.0. The Morgan fingerprint density at radius 1 is 0.583 bits per heavy atom. The lowest BCUT2D eigenvalue weighted by Crippen LogP contribution is -2.23. The van der Waals surface area contributed by atoms with Crippen LogP contribution in [0.4, 0.5) is 11.4 Å². The van der Waals surface area contributed by atoms with E-state index in [9.17, 15) is 0 Å². The van der Waals surface area contributed by atoms with E-state index in [0.717, 1.165) is 5.82 Å². The molecular formula is C22H26N2. The molecule has 0 saturated carbocycles. The molecule has 1 aliphatic rings. The molecule has 2 aromatic rings. The Morgan fingerprint density at radius 2 is 0.875 bits per heavy atom. The molecule has 1 heterocycles. The van der Waals surface area contributed by atoms with Gasteiger partial charge in [0, 0.05) is 12.4 Å². The van der Waals surface area contributed by atoms with Crippen LogP contribution in [0.25, 0.3) is 0 Å². The van der Waals surface area contributed by atoms with Crippen molar-refractivity contribution in [2.24, 2.45) is 0 Å². The maximum absolute atomic E-state index is 4.37. The first-order valence-corrected chi connectivity index (χ1v) is 8.41. The fraction of sp³-hybridized carbons (Fsp3) is 0.273. The fourth-order valence-electron chi connectivity index (χ4n) is 3.93. The first-order valence-electron chi connectivity index (χ1n) is 8.41. The Balaban J connectivity index is 2.03. The molecule has 0 fully saturated rings. The molecular weight excluding hydrogens is 292 g/mol. The van der Waals surface area contributed by atoms with Crippen LogP contribution < -0.4 is 9.80 Å². The van der Waals surface area contributed by atoms with Gasteiger partial charge in [-0.05, 0) is 63.8 Å². The van der Waals surface area contributed by atoms with Gasteiger partial charge < -0.3 is 9.80 Å². The summed E-state index contributed by atoms with van der Waals surface area (Å²) in [4.78, 5) is 4.39. The maximum atomic E-state index is 4.37. The predicted molar refractivity (Wildman–Crippen MR) is 105 cm³/mol. The Hall–Kier alpha value is -2.48. The first kappa shape index (κ1) is 16.4. The molecule has 3 rings (SSSR count). The molecule has 1 aliphatic heterocycles. The number of aryl methyl sites for hydroxylation is 6. The van der Waals surface area contributed by atoms with Crippen molar-refractivity contribution in [3.05, 3.63) is 82.4 Å². The normalized spacial score (nSPS) is 14.0. The second-order valence-electron chi connectivity index (χ2n) is 6.95. The van der Waals surface area contributed by atoms with Gasteiger partial charge in [-0.15, -0.1) is 0 Å². The highest BCUT2D eigenvalue weighted by Crippen LogP contribution is 2.37. The van der Waals surface area contributed by atoms with E-state index >= 15 is 0 Å². The van der Waals surface area contributed by atoms with Gasteiger partial charge >= 0.3 is 0 Å². The molecule has 124 valence electrons. The third-order valence-electron chi connectivity index (χ3n) is 4.67. The van der Waals surface area contributed by atoms with Gasteiger partial charge in [-0.3, -0.25) is 0 Å². The number of rotatable bonds is 2. The third kappa shape index (κ3) is 2.62. The quantitative estimate of drug-likeness (QED) is 0.690. The summed E-state index contributed by atoms with van der Waals surface area (Å²) in [7, 11) is 0. The van der Waals surface area contributed by atoms with Crippen LogP contribution in [0.2, 0.25) is 0 Å². The van der Waals surface area contributed by atoms with Crippen LogP contribution in [0.3, 0.4) is 0 Å². The number of anilines is 2. The average Bonchev–Trinajstić information content (AvgIpc) is 2.79. The van der Waals surface area contributed by atoms with Crippen molar-refractivity contribution in [2.45, 2.75) is 41.5 Å². The summed E-state index contributed by atoms with van der Waals surface area (Å²) in [6.45, 7) is 17.3. The summed E-state index contributed by atoms with van der Waals surface area (Å²) < 4.78 is 0. The van der Waals surface area contributed by atoms with Crippen LogP contribution in [-0.2, 0) is 0 Å². The smallest absolute Gasteiger partial charge is 0.114 e. The van der Waals surface area contributed by atoms with Crippen molar-refractivity contribution in [1.29, 1.82) is 0 Å². The molecule has 0 spiro atoms. The van der Waals surface area contributed by atoms with Gasteiger partial charge in [0.05, 0.1) is 11.4 Å². The summed E-state index contributed by atoms with van der Waals surface area (Å²) in [5, 5.41) is 0. The summed E-state index contributed by atoms with van der Waals surface area (Å²) in [6.07, 6.45) is 4.23. The van der Waals surface area contributed by atoms with Gasteiger partial charge in [0.1, 0.15) is 5.82 Å². The van der Waals surface area contributed by atoms with Crippen molar-refractivity contribution in [3.63, 3.8) is 0 Å². The van der Waals surface area contributed by atoms with Crippen LogP contribution in [0, 0.1) is 41.5 Å². The molecule has 2 aromatic carbocycles. The number of benzene rings is 2. The van der Waals surface area contributed by atoms with Crippen LogP contribution >= 0.6 is 0 Å². The first-order chi connectivity index (χ1) is 11.3. The standard InChI is InChI=1S/C22H26N2/c1-14-10-16(3)21(17(4)11-14)23-8-9-24(20(23)7)22-18(5)12-15(2)13-19(22)6/h8-13H,7H2,1-6H3. The van der Waals surface area contributed by atoms with E-state index in [1.54, 1.807) is 0 Å². The monoisotopic (exact) mass is 318 g/mol. The summed E-state index contributed by atoms with van der Waals surface area (Å²) in [5.74, 6) is 0.972. The van der Waals surface area contributed by atoms with Crippen molar-refractivity contribution >= 4 is 11.4 Å². The molecule has 0 aliphatic carbocycles. The van der Waals surface area contributed by atoms with Gasteiger partial charge in [0.15, 0.2) is 0 Å². The zero-order chi connectivity index (χ0) is 17.6. The molecule has 2 heteroatoms. The van der Waals surface area contributed by atoms with E-state index in [0.29, 0.717) is 0 Å². The second kappa shape index (κ2) is 5.86. The zero-order valence-electron chi connectivity index (χ0n) is 15.6. The maximum Gasteiger partial charge on any atom is 0.114 e. The molecule has 0 atom stereocenters. The van der Waals surface area contributed by atoms with E-state index < -0.39 is 0 Å². The Bertz CT molecular complexity index is 743. The van der Waals surface area contributed by atoms with Crippen molar-refractivity contribution in [2.75, 3.05) is 9.80 Å². The van der Waals surface area contributed by atoms with Crippen LogP contribution in [0.15, 0.2) is 49.1 Å². The van der Waals surface area contributed by atoms with E-state index in [-0.39, 0.29) is 0 Å².